The third kappa shape index (κ3) is 0.659. The molecular formula is C6H11NO. The summed E-state index contributed by atoms with van der Waals surface area (Å²) in [4.78, 5) is 2.07. The first-order valence-corrected chi connectivity index (χ1v) is 2.74. The van der Waals surface area contributed by atoms with E-state index in [2.05, 4.69) is 11.5 Å². The van der Waals surface area contributed by atoms with E-state index in [1.165, 1.54) is 0 Å². The van der Waals surface area contributed by atoms with Crippen molar-refractivity contribution in [1.29, 1.82) is 0 Å². The average molecular weight is 113 g/mol. The minimum atomic E-state index is 0.218. The van der Waals surface area contributed by atoms with Gasteiger partial charge in [-0.2, -0.15) is 0 Å². The van der Waals surface area contributed by atoms with Crippen LogP contribution in [-0.2, 0) is 0 Å². The first-order chi connectivity index (χ1) is 3.75. The number of nitrogens with zero attached hydrogens (tertiary/aromatic N) is 1. The molecule has 0 saturated carbocycles. The molecule has 1 aliphatic heterocycles. The number of rotatable bonds is 1. The highest BCUT2D eigenvalue weighted by molar-refractivity contribution is 5.17. The van der Waals surface area contributed by atoms with Crippen LogP contribution in [0.25, 0.3) is 0 Å². The van der Waals surface area contributed by atoms with Crippen molar-refractivity contribution in [3.63, 3.8) is 0 Å². The smallest absolute Gasteiger partial charge is 0.0625 e. The van der Waals surface area contributed by atoms with Crippen LogP contribution in [0.2, 0.25) is 0 Å². The van der Waals surface area contributed by atoms with Crippen LogP contribution in [0, 0.1) is 0 Å². The van der Waals surface area contributed by atoms with Crippen molar-refractivity contribution >= 4 is 0 Å². The zero-order chi connectivity index (χ0) is 6.15. The van der Waals surface area contributed by atoms with Crippen LogP contribution < -0.4 is 0 Å². The molecule has 1 rings (SSSR count). The van der Waals surface area contributed by atoms with Crippen LogP contribution in [0.5, 0.6) is 0 Å². The van der Waals surface area contributed by atoms with Gasteiger partial charge in [-0.3, -0.25) is 4.90 Å². The molecule has 8 heavy (non-hydrogen) atoms. The molecule has 2 heteroatoms. The summed E-state index contributed by atoms with van der Waals surface area (Å²) in [6.07, 6.45) is 0. The summed E-state index contributed by atoms with van der Waals surface area (Å²) in [7, 11) is 1.98. The lowest BCUT2D eigenvalue weighted by Gasteiger charge is -2.38. The maximum absolute atomic E-state index is 8.62. The first kappa shape index (κ1) is 5.79. The highest BCUT2D eigenvalue weighted by Gasteiger charge is 2.26. The molecule has 1 fully saturated rings. The zero-order valence-electron chi connectivity index (χ0n) is 5.09. The molecule has 0 aromatic heterocycles. The summed E-state index contributed by atoms with van der Waals surface area (Å²) in [5.41, 5.74) is 1.15. The Morgan fingerprint density at radius 3 is 2.75 bits per heavy atom. The minimum absolute atomic E-state index is 0.218. The summed E-state index contributed by atoms with van der Waals surface area (Å²) >= 11 is 0. The number of likely N-dealkylation sites (N-methyl/N-ethyl adjacent to an activating group) is 1. The molecule has 2 nitrogen and oxygen atoms in total. The lowest BCUT2D eigenvalue weighted by molar-refractivity contribution is 0.126. The van der Waals surface area contributed by atoms with Crippen molar-refractivity contribution in [3.8, 4) is 0 Å². The molecule has 1 atom stereocenters. The van der Waals surface area contributed by atoms with E-state index >= 15 is 0 Å². The fourth-order valence-electron chi connectivity index (χ4n) is 1.00. The zero-order valence-corrected chi connectivity index (χ0v) is 5.09. The first-order valence-electron chi connectivity index (χ1n) is 2.74. The molecule has 1 heterocycles. The van der Waals surface area contributed by atoms with Crippen LogP contribution in [0.15, 0.2) is 12.2 Å². The minimum Gasteiger partial charge on any atom is -0.394 e. The topological polar surface area (TPSA) is 23.5 Å². The Kier molecular flexibility index (Phi) is 1.36. The molecule has 1 N–H and O–H groups in total. The van der Waals surface area contributed by atoms with E-state index in [0.29, 0.717) is 0 Å². The van der Waals surface area contributed by atoms with Gasteiger partial charge >= 0.3 is 0 Å². The Labute approximate surface area is 49.4 Å². The second-order valence-corrected chi connectivity index (χ2v) is 2.27. The van der Waals surface area contributed by atoms with Crippen LogP contribution in [-0.4, -0.2) is 36.2 Å². The van der Waals surface area contributed by atoms with Crippen molar-refractivity contribution < 1.29 is 5.11 Å². The Bertz CT molecular complexity index is 111. The van der Waals surface area contributed by atoms with Crippen LogP contribution in [0.1, 0.15) is 0 Å². The van der Waals surface area contributed by atoms with Crippen molar-refractivity contribution in [2.75, 3.05) is 20.2 Å². The normalized spacial score (nSPS) is 30.2. The Hall–Kier alpha value is -0.340. The van der Waals surface area contributed by atoms with E-state index in [4.69, 9.17) is 5.11 Å². The standard InChI is InChI=1S/C6H11NO/c1-5-3-7(2)6(5)4-8/h6,8H,1,3-4H2,2H3. The van der Waals surface area contributed by atoms with E-state index < -0.39 is 0 Å². The Morgan fingerprint density at radius 2 is 2.62 bits per heavy atom. The summed E-state index contributed by atoms with van der Waals surface area (Å²) < 4.78 is 0. The molecule has 0 amide bonds. The highest BCUT2D eigenvalue weighted by atomic mass is 16.3. The molecule has 0 aromatic rings. The number of hydrogen-bond donors (Lipinski definition) is 1. The van der Waals surface area contributed by atoms with Crippen LogP contribution >= 0.6 is 0 Å². The quantitative estimate of drug-likeness (QED) is 0.478. The van der Waals surface area contributed by atoms with Crippen molar-refractivity contribution in [3.05, 3.63) is 12.2 Å². The molecule has 0 aromatic carbocycles. The molecular weight excluding hydrogens is 102 g/mol. The fourth-order valence-corrected chi connectivity index (χ4v) is 1.00. The maximum atomic E-state index is 8.62. The molecule has 0 spiro atoms. The van der Waals surface area contributed by atoms with Gasteiger partial charge in [0.25, 0.3) is 0 Å². The van der Waals surface area contributed by atoms with E-state index in [1.807, 2.05) is 7.05 Å². The molecule has 1 saturated heterocycles. The van der Waals surface area contributed by atoms with Crippen molar-refractivity contribution in [1.82, 2.24) is 4.90 Å². The fraction of sp³-hybridized carbons (Fsp3) is 0.667. The van der Waals surface area contributed by atoms with E-state index in [9.17, 15) is 0 Å². The largest absolute Gasteiger partial charge is 0.394 e. The van der Waals surface area contributed by atoms with Crippen LogP contribution in [0.4, 0.5) is 0 Å². The van der Waals surface area contributed by atoms with Gasteiger partial charge in [-0.1, -0.05) is 6.58 Å². The molecule has 0 radical (unpaired) electrons. The SMILES string of the molecule is C=C1CN(C)C1CO. The lowest BCUT2D eigenvalue weighted by atomic mass is 10.00. The summed E-state index contributed by atoms with van der Waals surface area (Å²) in [6.45, 7) is 4.93. The van der Waals surface area contributed by atoms with Crippen molar-refractivity contribution in [2.24, 2.45) is 0 Å². The number of hydrogen-bond acceptors (Lipinski definition) is 2. The summed E-state index contributed by atoms with van der Waals surface area (Å²) in [6, 6.07) is 0.245. The van der Waals surface area contributed by atoms with Gasteiger partial charge in [0.05, 0.1) is 12.6 Å². The monoisotopic (exact) mass is 113 g/mol. The number of aliphatic hydroxyl groups is 1. The Balaban J connectivity index is 2.40. The number of likely N-dealkylation sites (tertiary alicyclic amines) is 1. The van der Waals surface area contributed by atoms with Gasteiger partial charge in [0, 0.05) is 6.54 Å². The highest BCUT2D eigenvalue weighted by Crippen LogP contribution is 2.18. The molecule has 0 bridgehead atoms. The molecule has 46 valence electrons. The summed E-state index contributed by atoms with van der Waals surface area (Å²) in [5, 5.41) is 8.62. The Morgan fingerprint density at radius 1 is 2.00 bits per heavy atom. The third-order valence-corrected chi connectivity index (χ3v) is 1.63. The van der Waals surface area contributed by atoms with Crippen molar-refractivity contribution in [2.45, 2.75) is 6.04 Å². The van der Waals surface area contributed by atoms with Crippen LogP contribution in [0.3, 0.4) is 0 Å². The predicted molar refractivity (Wildman–Crippen MR) is 32.6 cm³/mol. The van der Waals surface area contributed by atoms with Gasteiger partial charge in [-0.15, -0.1) is 0 Å². The molecule has 1 aliphatic rings. The van der Waals surface area contributed by atoms with Gasteiger partial charge in [-0.25, -0.2) is 0 Å². The van der Waals surface area contributed by atoms with Gasteiger partial charge in [-0.05, 0) is 12.6 Å². The predicted octanol–water partition coefficient (Wildman–Crippen LogP) is -0.151. The van der Waals surface area contributed by atoms with Gasteiger partial charge in [0.15, 0.2) is 0 Å². The maximum Gasteiger partial charge on any atom is 0.0625 e. The van der Waals surface area contributed by atoms with Gasteiger partial charge in [0.1, 0.15) is 0 Å². The summed E-state index contributed by atoms with van der Waals surface area (Å²) in [5.74, 6) is 0. The third-order valence-electron chi connectivity index (χ3n) is 1.63. The molecule has 1 unspecified atom stereocenters. The van der Waals surface area contributed by atoms with Gasteiger partial charge in [0.2, 0.25) is 0 Å². The second kappa shape index (κ2) is 1.88. The molecule has 0 aliphatic carbocycles. The van der Waals surface area contributed by atoms with E-state index in [1.54, 1.807) is 0 Å². The second-order valence-electron chi connectivity index (χ2n) is 2.27. The lowest BCUT2D eigenvalue weighted by Crippen LogP contribution is -2.49. The van der Waals surface area contributed by atoms with Gasteiger partial charge < -0.3 is 5.11 Å². The van der Waals surface area contributed by atoms with E-state index in [-0.39, 0.29) is 12.6 Å². The average Bonchev–Trinajstić information content (AvgIpc) is 1.67. The number of aliphatic hydroxyl groups excluding tert-OH is 1. The van der Waals surface area contributed by atoms with E-state index in [0.717, 1.165) is 12.1 Å².